The third-order valence-electron chi connectivity index (χ3n) is 6.23. The summed E-state index contributed by atoms with van der Waals surface area (Å²) in [6, 6.07) is 28.0. The molecule has 0 aliphatic carbocycles. The predicted molar refractivity (Wildman–Crippen MR) is 142 cm³/mol. The lowest BCUT2D eigenvalue weighted by Crippen LogP contribution is -2.48. The lowest BCUT2D eigenvalue weighted by atomic mass is 10.0. The molecule has 1 aliphatic heterocycles. The molecule has 3 amide bonds. The van der Waals surface area contributed by atoms with E-state index in [0.717, 1.165) is 16.9 Å². The first-order valence-electron chi connectivity index (χ1n) is 11.9. The Morgan fingerprint density at radius 3 is 2.17 bits per heavy atom. The highest BCUT2D eigenvalue weighted by atomic mass is 35.5. The van der Waals surface area contributed by atoms with Crippen LogP contribution in [0.3, 0.4) is 0 Å². The van der Waals surface area contributed by atoms with E-state index in [0.29, 0.717) is 42.3 Å². The Hall–Kier alpha value is -4.10. The summed E-state index contributed by atoms with van der Waals surface area (Å²) in [6.07, 6.45) is 1.36. The van der Waals surface area contributed by atoms with Gasteiger partial charge in [-0.1, -0.05) is 60.1 Å². The standard InChI is InChI=1S/C28H26ClN5O2/c29-21-13-11-20(12-14-21)25-19-26(34(32-25)24-9-5-2-6-10-24)27(35)30-23-15-17-33(18-16-23)28(36)31-22-7-3-1-4-8-22/h1-14,19,23H,15-18H2,(H,30,35)(H,31,36). The quantitative estimate of drug-likeness (QED) is 0.374. The lowest BCUT2D eigenvalue weighted by molar-refractivity contribution is 0.0911. The molecular weight excluding hydrogens is 474 g/mol. The summed E-state index contributed by atoms with van der Waals surface area (Å²) >= 11 is 6.04. The molecule has 1 aliphatic rings. The third-order valence-corrected chi connectivity index (χ3v) is 6.48. The molecule has 0 spiro atoms. The van der Waals surface area contributed by atoms with Gasteiger partial charge in [0.2, 0.25) is 0 Å². The first kappa shape index (κ1) is 23.6. The van der Waals surface area contributed by atoms with E-state index in [2.05, 4.69) is 10.6 Å². The average molecular weight is 500 g/mol. The Morgan fingerprint density at radius 1 is 0.861 bits per heavy atom. The summed E-state index contributed by atoms with van der Waals surface area (Å²) in [5.41, 5.74) is 3.59. The zero-order valence-electron chi connectivity index (χ0n) is 19.6. The maximum Gasteiger partial charge on any atom is 0.321 e. The molecule has 4 aromatic rings. The number of likely N-dealkylation sites (tertiary alicyclic amines) is 1. The Balaban J connectivity index is 1.28. The van der Waals surface area contributed by atoms with E-state index in [-0.39, 0.29) is 18.0 Å². The number of aromatic nitrogens is 2. The second-order valence-electron chi connectivity index (χ2n) is 8.70. The lowest BCUT2D eigenvalue weighted by Gasteiger charge is -2.32. The van der Waals surface area contributed by atoms with Crippen LogP contribution in [0.5, 0.6) is 0 Å². The summed E-state index contributed by atoms with van der Waals surface area (Å²) in [6.45, 7) is 1.13. The molecule has 3 aromatic carbocycles. The van der Waals surface area contributed by atoms with Gasteiger partial charge in [0.15, 0.2) is 0 Å². The zero-order valence-corrected chi connectivity index (χ0v) is 20.4. The third kappa shape index (κ3) is 5.42. The summed E-state index contributed by atoms with van der Waals surface area (Å²) in [7, 11) is 0. The van der Waals surface area contributed by atoms with Crippen LogP contribution >= 0.6 is 11.6 Å². The van der Waals surface area contributed by atoms with Crippen molar-refractivity contribution in [2.75, 3.05) is 18.4 Å². The molecule has 1 aromatic heterocycles. The van der Waals surface area contributed by atoms with Crippen LogP contribution in [-0.4, -0.2) is 45.8 Å². The maximum absolute atomic E-state index is 13.4. The number of nitrogens with one attached hydrogen (secondary N) is 2. The number of amides is 3. The molecule has 2 N–H and O–H groups in total. The van der Waals surface area contributed by atoms with E-state index in [1.807, 2.05) is 72.8 Å². The van der Waals surface area contributed by atoms with Crippen molar-refractivity contribution in [3.05, 3.63) is 102 Å². The second-order valence-corrected chi connectivity index (χ2v) is 9.14. The molecule has 0 saturated carbocycles. The van der Waals surface area contributed by atoms with Crippen LogP contribution in [0.1, 0.15) is 23.3 Å². The largest absolute Gasteiger partial charge is 0.348 e. The molecule has 7 nitrogen and oxygen atoms in total. The number of benzene rings is 3. The van der Waals surface area contributed by atoms with Crippen LogP contribution in [0.4, 0.5) is 10.5 Å². The number of nitrogens with zero attached hydrogens (tertiary/aromatic N) is 3. The van der Waals surface area contributed by atoms with Gasteiger partial charge >= 0.3 is 6.03 Å². The molecule has 182 valence electrons. The minimum Gasteiger partial charge on any atom is -0.348 e. The van der Waals surface area contributed by atoms with Crippen molar-refractivity contribution in [1.82, 2.24) is 20.0 Å². The normalized spacial score (nSPS) is 13.9. The number of carbonyl (C=O) groups is 2. The SMILES string of the molecule is O=C(NC1CCN(C(=O)Nc2ccccc2)CC1)c1cc(-c2ccc(Cl)cc2)nn1-c1ccccc1. The van der Waals surface area contributed by atoms with Crippen LogP contribution in [0, 0.1) is 0 Å². The van der Waals surface area contributed by atoms with Gasteiger partial charge in [-0.15, -0.1) is 0 Å². The van der Waals surface area contributed by atoms with E-state index in [4.69, 9.17) is 16.7 Å². The highest BCUT2D eigenvalue weighted by Crippen LogP contribution is 2.24. The molecule has 1 saturated heterocycles. The van der Waals surface area contributed by atoms with Gasteiger partial charge < -0.3 is 15.5 Å². The molecule has 5 rings (SSSR count). The second kappa shape index (κ2) is 10.7. The summed E-state index contributed by atoms with van der Waals surface area (Å²) in [5, 5.41) is 11.4. The molecule has 8 heteroatoms. The van der Waals surface area contributed by atoms with Crippen molar-refractivity contribution >= 4 is 29.2 Å². The average Bonchev–Trinajstić information content (AvgIpc) is 3.36. The highest BCUT2D eigenvalue weighted by molar-refractivity contribution is 6.30. The van der Waals surface area contributed by atoms with Crippen LogP contribution < -0.4 is 10.6 Å². The summed E-state index contributed by atoms with van der Waals surface area (Å²) in [5.74, 6) is -0.196. The van der Waals surface area contributed by atoms with Crippen molar-refractivity contribution in [3.8, 4) is 16.9 Å². The van der Waals surface area contributed by atoms with Gasteiger partial charge in [0, 0.05) is 35.4 Å². The number of rotatable bonds is 5. The van der Waals surface area contributed by atoms with Gasteiger partial charge in [-0.05, 0) is 55.3 Å². The fraction of sp³-hybridized carbons (Fsp3) is 0.179. The van der Waals surface area contributed by atoms with Gasteiger partial charge in [0.05, 0.1) is 11.4 Å². The van der Waals surface area contributed by atoms with Crippen molar-refractivity contribution in [1.29, 1.82) is 0 Å². The Morgan fingerprint density at radius 2 is 1.50 bits per heavy atom. The topological polar surface area (TPSA) is 79.3 Å². The van der Waals surface area contributed by atoms with Gasteiger partial charge in [-0.25, -0.2) is 9.48 Å². The maximum atomic E-state index is 13.4. The molecule has 36 heavy (non-hydrogen) atoms. The fourth-order valence-corrected chi connectivity index (χ4v) is 4.41. The molecule has 0 unspecified atom stereocenters. The number of hydrogen-bond acceptors (Lipinski definition) is 3. The Kier molecular flexibility index (Phi) is 7.00. The molecule has 0 atom stereocenters. The minimum absolute atomic E-state index is 0.0311. The first-order chi connectivity index (χ1) is 17.6. The molecular formula is C28H26ClN5O2. The number of hydrogen-bond donors (Lipinski definition) is 2. The number of para-hydroxylation sites is 2. The monoisotopic (exact) mass is 499 g/mol. The van der Waals surface area contributed by atoms with Gasteiger partial charge in [0.1, 0.15) is 5.69 Å². The summed E-state index contributed by atoms with van der Waals surface area (Å²) < 4.78 is 1.67. The van der Waals surface area contributed by atoms with E-state index in [1.165, 1.54) is 0 Å². The van der Waals surface area contributed by atoms with E-state index in [9.17, 15) is 9.59 Å². The smallest absolute Gasteiger partial charge is 0.321 e. The van der Waals surface area contributed by atoms with Crippen LogP contribution in [0.2, 0.25) is 5.02 Å². The number of anilines is 1. The highest BCUT2D eigenvalue weighted by Gasteiger charge is 2.26. The van der Waals surface area contributed by atoms with Crippen LogP contribution in [0.25, 0.3) is 16.9 Å². The Bertz CT molecular complexity index is 1330. The zero-order chi connectivity index (χ0) is 24.9. The molecule has 1 fully saturated rings. The van der Waals surface area contributed by atoms with Gasteiger partial charge in [-0.2, -0.15) is 5.10 Å². The number of carbonyl (C=O) groups excluding carboxylic acids is 2. The summed E-state index contributed by atoms with van der Waals surface area (Å²) in [4.78, 5) is 27.7. The van der Waals surface area contributed by atoms with Crippen molar-refractivity contribution in [3.63, 3.8) is 0 Å². The fourth-order valence-electron chi connectivity index (χ4n) is 4.28. The number of urea groups is 1. The van der Waals surface area contributed by atoms with Gasteiger partial charge in [0.25, 0.3) is 5.91 Å². The number of halogens is 1. The van der Waals surface area contributed by atoms with E-state index >= 15 is 0 Å². The first-order valence-corrected chi connectivity index (χ1v) is 12.3. The van der Waals surface area contributed by atoms with E-state index in [1.54, 1.807) is 27.8 Å². The molecule has 2 heterocycles. The van der Waals surface area contributed by atoms with Crippen molar-refractivity contribution < 1.29 is 9.59 Å². The molecule has 0 radical (unpaired) electrons. The predicted octanol–water partition coefficient (Wildman–Crippen LogP) is 5.62. The van der Waals surface area contributed by atoms with Crippen molar-refractivity contribution in [2.45, 2.75) is 18.9 Å². The van der Waals surface area contributed by atoms with Crippen LogP contribution in [0.15, 0.2) is 91.0 Å². The van der Waals surface area contributed by atoms with Crippen LogP contribution in [-0.2, 0) is 0 Å². The molecule has 0 bridgehead atoms. The van der Waals surface area contributed by atoms with E-state index < -0.39 is 0 Å². The van der Waals surface area contributed by atoms with Gasteiger partial charge in [-0.3, -0.25) is 4.79 Å². The minimum atomic E-state index is -0.196. The van der Waals surface area contributed by atoms with Crippen molar-refractivity contribution in [2.24, 2.45) is 0 Å². The number of piperidine rings is 1. The Labute approximate surface area is 214 Å².